The first-order valence-electron chi connectivity index (χ1n) is 14.3. The maximum absolute atomic E-state index is 14.2. The molecule has 1 aliphatic rings. The van der Waals surface area contributed by atoms with E-state index in [9.17, 15) is 9.59 Å². The van der Waals surface area contributed by atoms with Crippen LogP contribution >= 0.6 is 43.2 Å². The van der Waals surface area contributed by atoms with Gasteiger partial charge in [0.15, 0.2) is 16.3 Å². The Bertz CT molecular complexity index is 1950. The van der Waals surface area contributed by atoms with Gasteiger partial charge in [-0.05, 0) is 85.1 Å². The predicted octanol–water partition coefficient (Wildman–Crippen LogP) is 6.70. The van der Waals surface area contributed by atoms with E-state index in [2.05, 4.69) is 31.9 Å². The third-order valence-electron chi connectivity index (χ3n) is 6.93. The summed E-state index contributed by atoms with van der Waals surface area (Å²) in [7, 11) is 1.55. The van der Waals surface area contributed by atoms with Crippen LogP contribution in [0.5, 0.6) is 17.2 Å². The number of hydrogen-bond acceptors (Lipinski definition) is 8. The van der Waals surface area contributed by atoms with Gasteiger partial charge in [-0.3, -0.25) is 9.36 Å². The van der Waals surface area contributed by atoms with Crippen molar-refractivity contribution in [2.75, 3.05) is 13.7 Å². The third-order valence-corrected chi connectivity index (χ3v) is 8.96. The number of rotatable bonds is 10. The molecule has 0 bridgehead atoms. The molecule has 0 spiro atoms. The topological polar surface area (TPSA) is 88.4 Å². The lowest BCUT2D eigenvalue weighted by atomic mass is 9.95. The number of hydrogen-bond donors (Lipinski definition) is 0. The number of carbonyl (C=O) groups excluding carboxylic acids is 1. The summed E-state index contributed by atoms with van der Waals surface area (Å²) in [4.78, 5) is 32.8. The van der Waals surface area contributed by atoms with Gasteiger partial charge in [0.25, 0.3) is 5.56 Å². The Morgan fingerprint density at radius 2 is 1.84 bits per heavy atom. The molecule has 0 N–H and O–H groups in total. The highest BCUT2D eigenvalue weighted by Gasteiger charge is 2.34. The Kier molecular flexibility index (Phi) is 10.3. The minimum Gasteiger partial charge on any atom is -0.493 e. The molecule has 0 amide bonds. The lowest BCUT2D eigenvalue weighted by molar-refractivity contribution is -0.139. The minimum absolute atomic E-state index is 0.0701. The second kappa shape index (κ2) is 14.2. The number of benzene rings is 3. The van der Waals surface area contributed by atoms with E-state index in [0.717, 1.165) is 14.5 Å². The van der Waals surface area contributed by atoms with Crippen LogP contribution in [0.4, 0.5) is 0 Å². The van der Waals surface area contributed by atoms with Crippen LogP contribution in [0, 0.1) is 0 Å². The van der Waals surface area contributed by atoms with E-state index in [1.54, 1.807) is 43.7 Å². The van der Waals surface area contributed by atoms with Crippen LogP contribution < -0.4 is 29.1 Å². The van der Waals surface area contributed by atoms with Crippen molar-refractivity contribution in [2.45, 2.75) is 46.4 Å². The lowest BCUT2D eigenvalue weighted by Crippen LogP contribution is -2.40. The normalized spacial score (nSPS) is 14.7. The molecule has 0 unspecified atom stereocenters. The van der Waals surface area contributed by atoms with Gasteiger partial charge < -0.3 is 18.9 Å². The van der Waals surface area contributed by atoms with E-state index >= 15 is 0 Å². The molecule has 0 saturated carbocycles. The smallest absolute Gasteiger partial charge is 0.338 e. The Balaban J connectivity index is 1.67. The molecule has 0 radical (unpaired) electrons. The molecule has 1 atom stereocenters. The van der Waals surface area contributed by atoms with Crippen LogP contribution in [0.3, 0.4) is 0 Å². The highest BCUT2D eigenvalue weighted by Crippen LogP contribution is 2.37. The second-order valence-electron chi connectivity index (χ2n) is 10.5. The summed E-state index contributed by atoms with van der Waals surface area (Å²) in [5, 5.41) is 0. The van der Waals surface area contributed by atoms with Crippen molar-refractivity contribution in [2.24, 2.45) is 4.99 Å². The number of fused-ring (bicyclic) bond motifs is 1. The zero-order valence-corrected chi connectivity index (χ0v) is 29.4. The molecular formula is C34H32Br2N2O6S. The molecule has 45 heavy (non-hydrogen) atoms. The molecule has 0 aliphatic carbocycles. The second-order valence-corrected chi connectivity index (χ2v) is 13.2. The first-order valence-corrected chi connectivity index (χ1v) is 16.7. The maximum Gasteiger partial charge on any atom is 0.338 e. The number of esters is 1. The Morgan fingerprint density at radius 3 is 2.53 bits per heavy atom. The molecule has 1 aromatic heterocycles. The van der Waals surface area contributed by atoms with E-state index in [0.29, 0.717) is 50.0 Å². The van der Waals surface area contributed by atoms with E-state index in [1.165, 1.54) is 11.3 Å². The van der Waals surface area contributed by atoms with Crippen molar-refractivity contribution >= 4 is 55.2 Å². The van der Waals surface area contributed by atoms with Crippen molar-refractivity contribution < 1.29 is 23.7 Å². The van der Waals surface area contributed by atoms with E-state index in [1.807, 2.05) is 62.4 Å². The summed E-state index contributed by atoms with van der Waals surface area (Å²) >= 11 is 8.44. The molecular weight excluding hydrogens is 724 g/mol. The standard InChI is InChI=1S/C34H32Br2N2O6S/c1-6-42-33(40)29-20(4)37-34-38(30(29)22-12-13-26(44-19(2)3)27(15-22)41-5)32(39)28(45-34)16-23-14-24(35)17-25(36)31(23)43-18-21-10-8-7-9-11-21/h7-17,19,30H,6,18H2,1-5H3/b28-16+/t30-/m0/s1. The average molecular weight is 757 g/mol. The van der Waals surface area contributed by atoms with Crippen LogP contribution in [0.2, 0.25) is 0 Å². The number of nitrogens with zero attached hydrogens (tertiary/aromatic N) is 2. The molecule has 0 saturated heterocycles. The summed E-state index contributed by atoms with van der Waals surface area (Å²) in [6, 6.07) is 18.3. The molecule has 4 aromatic rings. The fraction of sp³-hybridized carbons (Fsp3) is 0.265. The molecule has 234 valence electrons. The van der Waals surface area contributed by atoms with Crippen molar-refractivity contribution in [3.05, 3.63) is 117 Å². The molecule has 2 heterocycles. The fourth-order valence-corrected chi connectivity index (χ4v) is 7.43. The van der Waals surface area contributed by atoms with Crippen LogP contribution in [0.15, 0.2) is 90.7 Å². The zero-order chi connectivity index (χ0) is 32.2. The van der Waals surface area contributed by atoms with Gasteiger partial charge >= 0.3 is 5.97 Å². The van der Waals surface area contributed by atoms with Crippen molar-refractivity contribution in [3.8, 4) is 17.2 Å². The summed E-state index contributed by atoms with van der Waals surface area (Å²) < 4.78 is 26.8. The first kappa shape index (κ1) is 32.7. The highest BCUT2D eigenvalue weighted by atomic mass is 79.9. The number of aromatic nitrogens is 1. The number of thiazole rings is 1. The number of ether oxygens (including phenoxy) is 4. The van der Waals surface area contributed by atoms with Gasteiger partial charge in [-0.1, -0.05) is 63.7 Å². The Labute approximate surface area is 281 Å². The van der Waals surface area contributed by atoms with Crippen molar-refractivity contribution in [1.82, 2.24) is 4.57 Å². The molecule has 1 aliphatic heterocycles. The number of halogens is 2. The molecule has 0 fully saturated rings. The number of carbonyl (C=O) groups is 1. The predicted molar refractivity (Wildman–Crippen MR) is 182 cm³/mol. The van der Waals surface area contributed by atoms with Crippen LogP contribution in [-0.2, 0) is 16.1 Å². The van der Waals surface area contributed by atoms with Crippen molar-refractivity contribution in [3.63, 3.8) is 0 Å². The van der Waals surface area contributed by atoms with Crippen LogP contribution in [-0.4, -0.2) is 30.4 Å². The van der Waals surface area contributed by atoms with Gasteiger partial charge in [-0.15, -0.1) is 0 Å². The van der Waals surface area contributed by atoms with E-state index in [4.69, 9.17) is 23.9 Å². The average Bonchev–Trinajstić information content (AvgIpc) is 3.30. The summed E-state index contributed by atoms with van der Waals surface area (Å²) in [6.07, 6.45) is 1.72. The van der Waals surface area contributed by atoms with Gasteiger partial charge in [0.2, 0.25) is 0 Å². The SMILES string of the molecule is CCOC(=O)C1=C(C)N=c2s/c(=C/c3cc(Br)cc(Br)c3OCc3ccccc3)c(=O)n2[C@H]1c1ccc(OC(C)C)c(OC)c1. The minimum atomic E-state index is -0.799. The Morgan fingerprint density at radius 1 is 1.09 bits per heavy atom. The monoisotopic (exact) mass is 754 g/mol. The van der Waals surface area contributed by atoms with E-state index < -0.39 is 12.0 Å². The number of allylic oxidation sites excluding steroid dienone is 1. The van der Waals surface area contributed by atoms with Gasteiger partial charge in [-0.2, -0.15) is 0 Å². The zero-order valence-electron chi connectivity index (χ0n) is 25.4. The third kappa shape index (κ3) is 7.10. The highest BCUT2D eigenvalue weighted by molar-refractivity contribution is 9.11. The molecule has 3 aromatic carbocycles. The van der Waals surface area contributed by atoms with Crippen LogP contribution in [0.25, 0.3) is 6.08 Å². The van der Waals surface area contributed by atoms with Gasteiger partial charge in [0.1, 0.15) is 12.4 Å². The summed E-state index contributed by atoms with van der Waals surface area (Å²) in [6.45, 7) is 7.89. The van der Waals surface area contributed by atoms with Gasteiger partial charge in [0.05, 0.1) is 46.1 Å². The maximum atomic E-state index is 14.2. The first-order chi connectivity index (χ1) is 21.6. The number of methoxy groups -OCH3 is 1. The van der Waals surface area contributed by atoms with Gasteiger partial charge in [0, 0.05) is 10.0 Å². The largest absolute Gasteiger partial charge is 0.493 e. The molecule has 5 rings (SSSR count). The Hall–Kier alpha value is -3.67. The van der Waals surface area contributed by atoms with Crippen molar-refractivity contribution in [1.29, 1.82) is 0 Å². The summed E-state index contributed by atoms with van der Waals surface area (Å²) in [5.74, 6) is 1.11. The summed E-state index contributed by atoms with van der Waals surface area (Å²) in [5.41, 5.74) is 2.83. The van der Waals surface area contributed by atoms with Crippen LogP contribution in [0.1, 0.15) is 50.4 Å². The fourth-order valence-electron chi connectivity index (χ4n) is 5.02. The molecule has 8 nitrogen and oxygen atoms in total. The molecule has 11 heteroatoms. The quantitative estimate of drug-likeness (QED) is 0.168. The lowest BCUT2D eigenvalue weighted by Gasteiger charge is -2.25. The van der Waals surface area contributed by atoms with Gasteiger partial charge in [-0.25, -0.2) is 9.79 Å². The van der Waals surface area contributed by atoms with E-state index in [-0.39, 0.29) is 23.8 Å².